The highest BCUT2D eigenvalue weighted by molar-refractivity contribution is 7.90. The number of rotatable bonds is 8. The third kappa shape index (κ3) is 4.52. The summed E-state index contributed by atoms with van der Waals surface area (Å²) < 4.78 is 35.2. The van der Waals surface area contributed by atoms with Gasteiger partial charge in [-0.2, -0.15) is 0 Å². The summed E-state index contributed by atoms with van der Waals surface area (Å²) in [6.07, 6.45) is -0.399. The standard InChI is InChI=1S/C21H22N2O8S/c1-4-31-17-10-12(8-9-16(17)30-2)15(11-32(3,28)29)23-19(24)13-6-5-7-14(22-21(26)27)18(13)20(23)25/h5-10,15,22H,4,11H2,1-3H3,(H,26,27)/t15-/m1/s1. The van der Waals surface area contributed by atoms with Gasteiger partial charge in [-0.05, 0) is 36.8 Å². The summed E-state index contributed by atoms with van der Waals surface area (Å²) in [5.41, 5.74) is 0.149. The van der Waals surface area contributed by atoms with Crippen LogP contribution in [-0.2, 0) is 9.84 Å². The minimum Gasteiger partial charge on any atom is -0.493 e. The zero-order valence-corrected chi connectivity index (χ0v) is 18.4. The molecule has 0 radical (unpaired) electrons. The highest BCUT2D eigenvalue weighted by Crippen LogP contribution is 2.38. The zero-order valence-electron chi connectivity index (χ0n) is 17.6. The number of hydrogen-bond acceptors (Lipinski definition) is 7. The molecule has 0 unspecified atom stereocenters. The van der Waals surface area contributed by atoms with Crippen LogP contribution in [0.5, 0.6) is 11.5 Å². The Balaban J connectivity index is 2.13. The van der Waals surface area contributed by atoms with Crippen molar-refractivity contribution in [2.75, 3.05) is 31.0 Å². The van der Waals surface area contributed by atoms with Gasteiger partial charge < -0.3 is 14.6 Å². The number of methoxy groups -OCH3 is 1. The number of sulfone groups is 1. The van der Waals surface area contributed by atoms with Crippen LogP contribution >= 0.6 is 0 Å². The SMILES string of the molecule is CCOc1cc([C@@H](CS(C)(=O)=O)N2C(=O)c3cccc(NC(=O)O)c3C2=O)ccc1OC. The van der Waals surface area contributed by atoms with E-state index in [4.69, 9.17) is 14.6 Å². The van der Waals surface area contributed by atoms with Crippen molar-refractivity contribution >= 4 is 33.4 Å². The Labute approximate surface area is 184 Å². The second-order valence-corrected chi connectivity index (χ2v) is 9.27. The number of hydrogen-bond donors (Lipinski definition) is 2. The molecule has 0 aromatic heterocycles. The molecule has 0 saturated carbocycles. The number of carbonyl (C=O) groups is 3. The number of carboxylic acid groups (broad SMARTS) is 1. The first kappa shape index (κ1) is 23.1. The number of nitrogens with zero attached hydrogens (tertiary/aromatic N) is 1. The zero-order chi connectivity index (χ0) is 23.6. The van der Waals surface area contributed by atoms with Crippen LogP contribution in [-0.4, -0.2) is 62.1 Å². The molecule has 0 bridgehead atoms. The number of nitrogens with one attached hydrogen (secondary N) is 1. The van der Waals surface area contributed by atoms with Gasteiger partial charge in [0.15, 0.2) is 11.5 Å². The van der Waals surface area contributed by atoms with E-state index in [0.29, 0.717) is 23.7 Å². The first-order chi connectivity index (χ1) is 15.1. The third-order valence-corrected chi connectivity index (χ3v) is 5.75. The van der Waals surface area contributed by atoms with E-state index in [9.17, 15) is 22.8 Å². The van der Waals surface area contributed by atoms with E-state index in [-0.39, 0.29) is 16.8 Å². The fourth-order valence-corrected chi connectivity index (χ4v) is 4.50. The Bertz CT molecular complexity index is 1190. The number of carbonyl (C=O) groups excluding carboxylic acids is 2. The molecule has 0 spiro atoms. The van der Waals surface area contributed by atoms with Crippen LogP contribution in [0.1, 0.15) is 39.2 Å². The van der Waals surface area contributed by atoms with Gasteiger partial charge >= 0.3 is 6.09 Å². The molecular formula is C21H22N2O8S. The van der Waals surface area contributed by atoms with Crippen LogP contribution in [0.3, 0.4) is 0 Å². The highest BCUT2D eigenvalue weighted by Gasteiger charge is 2.43. The molecule has 3 amide bonds. The first-order valence-electron chi connectivity index (χ1n) is 9.56. The fraction of sp³-hybridized carbons (Fsp3) is 0.286. The number of benzene rings is 2. The lowest BCUT2D eigenvalue weighted by Gasteiger charge is -2.27. The summed E-state index contributed by atoms with van der Waals surface area (Å²) in [5.74, 6) is -1.31. The molecule has 1 atom stereocenters. The van der Waals surface area contributed by atoms with Crippen LogP contribution < -0.4 is 14.8 Å². The maximum absolute atomic E-state index is 13.3. The van der Waals surface area contributed by atoms with Gasteiger partial charge in [0.2, 0.25) is 0 Å². The Morgan fingerprint density at radius 2 is 1.88 bits per heavy atom. The Morgan fingerprint density at radius 1 is 1.16 bits per heavy atom. The van der Waals surface area contributed by atoms with Crippen molar-refractivity contribution in [1.82, 2.24) is 4.90 Å². The molecule has 11 heteroatoms. The van der Waals surface area contributed by atoms with E-state index in [0.717, 1.165) is 11.2 Å². The Kier molecular flexibility index (Phi) is 6.40. The monoisotopic (exact) mass is 462 g/mol. The Morgan fingerprint density at radius 3 is 2.47 bits per heavy atom. The van der Waals surface area contributed by atoms with Crippen molar-refractivity contribution in [3.8, 4) is 11.5 Å². The van der Waals surface area contributed by atoms with Gasteiger partial charge in [0.25, 0.3) is 11.8 Å². The van der Waals surface area contributed by atoms with Crippen molar-refractivity contribution in [2.24, 2.45) is 0 Å². The maximum Gasteiger partial charge on any atom is 0.409 e. The van der Waals surface area contributed by atoms with Crippen LogP contribution in [0.2, 0.25) is 0 Å². The number of ether oxygens (including phenoxy) is 2. The van der Waals surface area contributed by atoms with Crippen molar-refractivity contribution in [2.45, 2.75) is 13.0 Å². The highest BCUT2D eigenvalue weighted by atomic mass is 32.2. The normalized spacial score (nSPS) is 14.2. The van der Waals surface area contributed by atoms with E-state index in [1.165, 1.54) is 31.4 Å². The van der Waals surface area contributed by atoms with E-state index in [2.05, 4.69) is 5.32 Å². The summed E-state index contributed by atoms with van der Waals surface area (Å²) in [4.78, 5) is 38.4. The van der Waals surface area contributed by atoms with Crippen molar-refractivity contribution < 1.29 is 37.4 Å². The van der Waals surface area contributed by atoms with Crippen LogP contribution in [0.25, 0.3) is 0 Å². The summed E-state index contributed by atoms with van der Waals surface area (Å²) >= 11 is 0. The largest absolute Gasteiger partial charge is 0.493 e. The molecule has 3 rings (SSSR count). The molecule has 0 aliphatic carbocycles. The third-order valence-electron chi connectivity index (χ3n) is 4.83. The fourth-order valence-electron chi connectivity index (χ4n) is 3.58. The minimum atomic E-state index is -3.64. The number of amides is 3. The van der Waals surface area contributed by atoms with Crippen molar-refractivity contribution in [1.29, 1.82) is 0 Å². The molecule has 0 saturated heterocycles. The van der Waals surface area contributed by atoms with Crippen LogP contribution in [0.4, 0.5) is 10.5 Å². The summed E-state index contributed by atoms with van der Waals surface area (Å²) in [7, 11) is -2.19. The topological polar surface area (TPSA) is 139 Å². The van der Waals surface area contributed by atoms with Crippen LogP contribution in [0.15, 0.2) is 36.4 Å². The second-order valence-electron chi connectivity index (χ2n) is 7.09. The lowest BCUT2D eigenvalue weighted by Crippen LogP contribution is -2.37. The molecule has 1 aliphatic heterocycles. The maximum atomic E-state index is 13.3. The summed E-state index contributed by atoms with van der Waals surface area (Å²) in [5, 5.41) is 11.2. The van der Waals surface area contributed by atoms with Crippen LogP contribution in [0, 0.1) is 0 Å². The quantitative estimate of drug-likeness (QED) is 0.571. The second kappa shape index (κ2) is 8.87. The molecule has 2 aromatic carbocycles. The molecule has 1 heterocycles. The summed E-state index contributed by atoms with van der Waals surface area (Å²) in [6.45, 7) is 2.08. The van der Waals surface area contributed by atoms with E-state index < -0.39 is 39.5 Å². The molecule has 32 heavy (non-hydrogen) atoms. The van der Waals surface area contributed by atoms with E-state index >= 15 is 0 Å². The number of imide groups is 1. The predicted molar refractivity (Wildman–Crippen MR) is 115 cm³/mol. The van der Waals surface area contributed by atoms with Gasteiger partial charge in [0.05, 0.1) is 42.3 Å². The number of fused-ring (bicyclic) bond motifs is 1. The van der Waals surface area contributed by atoms with E-state index in [1.54, 1.807) is 19.1 Å². The predicted octanol–water partition coefficient (Wildman–Crippen LogP) is 2.57. The molecule has 1 aliphatic rings. The van der Waals surface area contributed by atoms with Gasteiger partial charge in [0.1, 0.15) is 9.84 Å². The van der Waals surface area contributed by atoms with Gasteiger partial charge in [0, 0.05) is 6.26 Å². The van der Waals surface area contributed by atoms with E-state index in [1.807, 2.05) is 0 Å². The average molecular weight is 462 g/mol. The van der Waals surface area contributed by atoms with Crippen molar-refractivity contribution in [3.05, 3.63) is 53.1 Å². The molecule has 0 fully saturated rings. The minimum absolute atomic E-state index is 0.0155. The van der Waals surface area contributed by atoms with Crippen molar-refractivity contribution in [3.63, 3.8) is 0 Å². The average Bonchev–Trinajstić information content (AvgIpc) is 2.96. The molecule has 2 N–H and O–H groups in total. The molecule has 10 nitrogen and oxygen atoms in total. The van der Waals surface area contributed by atoms with Gasteiger partial charge in [-0.25, -0.2) is 13.2 Å². The summed E-state index contributed by atoms with van der Waals surface area (Å²) in [6, 6.07) is 7.65. The number of anilines is 1. The lowest BCUT2D eigenvalue weighted by atomic mass is 10.1. The Hall–Kier alpha value is -3.60. The molecule has 170 valence electrons. The van der Waals surface area contributed by atoms with Gasteiger partial charge in [-0.1, -0.05) is 12.1 Å². The first-order valence-corrected chi connectivity index (χ1v) is 11.6. The van der Waals surface area contributed by atoms with Gasteiger partial charge in [-0.3, -0.25) is 19.8 Å². The smallest absolute Gasteiger partial charge is 0.409 e. The van der Waals surface area contributed by atoms with Gasteiger partial charge in [-0.15, -0.1) is 0 Å². The molecule has 2 aromatic rings. The lowest BCUT2D eigenvalue weighted by molar-refractivity contribution is 0.0597. The molecular weight excluding hydrogens is 440 g/mol.